The monoisotopic (exact) mass is 377 g/mol. The van der Waals surface area contributed by atoms with E-state index in [9.17, 15) is 0 Å². The molecule has 27 heavy (non-hydrogen) atoms. The molecule has 0 aliphatic carbocycles. The zero-order chi connectivity index (χ0) is 18.9. The first kappa shape index (κ1) is 19.7. The number of aromatic nitrogens is 3. The van der Waals surface area contributed by atoms with Gasteiger partial charge in [0.1, 0.15) is 5.52 Å². The molecule has 0 bridgehead atoms. The minimum atomic E-state index is 0.0198. The van der Waals surface area contributed by atoms with Crippen LogP contribution in [0.5, 0.6) is 0 Å². The van der Waals surface area contributed by atoms with E-state index in [2.05, 4.69) is 19.9 Å². The first-order chi connectivity index (χ1) is 13.3. The summed E-state index contributed by atoms with van der Waals surface area (Å²) in [5.41, 5.74) is 1.47. The molecule has 3 rings (SSSR count). The molecule has 2 N–H and O–H groups in total. The number of pyridine rings is 1. The maximum Gasteiger partial charge on any atom is 0.280 e. The van der Waals surface area contributed by atoms with Crippen LogP contribution in [-0.2, 0) is 9.68 Å². The summed E-state index contributed by atoms with van der Waals surface area (Å²) in [6, 6.07) is 3.73. The second kappa shape index (κ2) is 10.3. The summed E-state index contributed by atoms with van der Waals surface area (Å²) in [5, 5.41) is 19.2. The fourth-order valence-electron chi connectivity index (χ4n) is 2.92. The zero-order valence-corrected chi connectivity index (χ0v) is 15.5. The molecule has 0 spiro atoms. The molecule has 0 unspecified atom stereocenters. The van der Waals surface area contributed by atoms with Gasteiger partial charge in [-0.15, -0.1) is 0 Å². The van der Waals surface area contributed by atoms with E-state index in [0.717, 1.165) is 37.3 Å². The molecular formula is C18H27N5O4. The van der Waals surface area contributed by atoms with Crippen LogP contribution >= 0.6 is 0 Å². The highest BCUT2D eigenvalue weighted by atomic mass is 16.9. The van der Waals surface area contributed by atoms with Crippen LogP contribution in [0.4, 0.5) is 11.8 Å². The minimum absolute atomic E-state index is 0.0198. The lowest BCUT2D eigenvalue weighted by Gasteiger charge is -2.29. The number of aliphatic hydroxyl groups is 2. The molecule has 1 aliphatic heterocycles. The Bertz CT molecular complexity index is 701. The van der Waals surface area contributed by atoms with E-state index >= 15 is 0 Å². The maximum atomic E-state index is 9.00. The van der Waals surface area contributed by atoms with Crippen molar-refractivity contribution in [2.75, 3.05) is 49.6 Å². The summed E-state index contributed by atoms with van der Waals surface area (Å²) in [6.45, 7) is 2.43. The van der Waals surface area contributed by atoms with Crippen LogP contribution in [0.25, 0.3) is 11.0 Å². The summed E-state index contributed by atoms with van der Waals surface area (Å²) in [6.07, 6.45) is 6.14. The van der Waals surface area contributed by atoms with Gasteiger partial charge in [0.05, 0.1) is 18.7 Å². The van der Waals surface area contributed by atoms with Gasteiger partial charge in [-0.25, -0.2) is 14.7 Å². The van der Waals surface area contributed by atoms with E-state index in [-0.39, 0.29) is 32.4 Å². The molecule has 0 amide bonds. The normalized spacial score (nSPS) is 14.7. The van der Waals surface area contributed by atoms with Crippen LogP contribution in [0.1, 0.15) is 32.1 Å². The van der Waals surface area contributed by atoms with E-state index in [4.69, 9.17) is 19.9 Å². The third kappa shape index (κ3) is 5.23. The lowest BCUT2D eigenvalue weighted by molar-refractivity contribution is -0.0970. The van der Waals surface area contributed by atoms with Crippen LogP contribution < -0.4 is 10.1 Å². The van der Waals surface area contributed by atoms with Crippen LogP contribution in [0, 0.1) is 0 Å². The number of piperidine rings is 1. The lowest BCUT2D eigenvalue weighted by atomic mass is 10.1. The molecule has 148 valence electrons. The maximum absolute atomic E-state index is 9.00. The van der Waals surface area contributed by atoms with E-state index in [1.165, 1.54) is 11.6 Å². The number of hydrogen-bond donors (Lipinski definition) is 2. The first-order valence-electron chi connectivity index (χ1n) is 9.49. The molecule has 1 saturated heterocycles. The summed E-state index contributed by atoms with van der Waals surface area (Å²) < 4.78 is 0. The van der Waals surface area contributed by atoms with Crippen molar-refractivity contribution in [3.63, 3.8) is 0 Å². The molecule has 2 aromatic rings. The number of rotatable bonds is 10. The topological polar surface area (TPSA) is 104 Å². The van der Waals surface area contributed by atoms with Gasteiger partial charge in [-0.1, -0.05) is 5.23 Å². The molecule has 1 aliphatic rings. The van der Waals surface area contributed by atoms with Crippen molar-refractivity contribution < 1.29 is 19.9 Å². The fourth-order valence-corrected chi connectivity index (χ4v) is 2.92. The Labute approximate surface area is 158 Å². The molecule has 9 nitrogen and oxygen atoms in total. The summed E-state index contributed by atoms with van der Waals surface area (Å²) in [4.78, 5) is 27.1. The van der Waals surface area contributed by atoms with Gasteiger partial charge in [0.25, 0.3) is 5.95 Å². The minimum Gasteiger partial charge on any atom is -0.396 e. The molecule has 0 radical (unpaired) electrons. The van der Waals surface area contributed by atoms with Crippen molar-refractivity contribution in [1.82, 2.24) is 15.0 Å². The van der Waals surface area contributed by atoms with Gasteiger partial charge in [-0.05, 0) is 44.2 Å². The van der Waals surface area contributed by atoms with Crippen LogP contribution in [0.15, 0.2) is 18.3 Å². The van der Waals surface area contributed by atoms with E-state index in [1.54, 1.807) is 6.20 Å². The molecular weight excluding hydrogens is 350 g/mol. The number of anilines is 2. The van der Waals surface area contributed by atoms with Gasteiger partial charge in [0.2, 0.25) is 0 Å². The summed E-state index contributed by atoms with van der Waals surface area (Å²) in [5.74, 6) is 1.06. The van der Waals surface area contributed by atoms with Crippen molar-refractivity contribution in [2.24, 2.45) is 0 Å². The highest BCUT2D eigenvalue weighted by Crippen LogP contribution is 2.27. The number of aliphatic hydroxyl groups excluding tert-OH is 2. The molecule has 0 aromatic carbocycles. The lowest BCUT2D eigenvalue weighted by Crippen LogP contribution is -2.32. The quantitative estimate of drug-likeness (QED) is 0.470. The number of fused-ring (bicyclic) bond motifs is 1. The average Bonchev–Trinajstić information content (AvgIpc) is 2.72. The Morgan fingerprint density at radius 2 is 1.70 bits per heavy atom. The Morgan fingerprint density at radius 1 is 1.00 bits per heavy atom. The van der Waals surface area contributed by atoms with Crippen molar-refractivity contribution in [1.29, 1.82) is 0 Å². The van der Waals surface area contributed by atoms with E-state index < -0.39 is 0 Å². The summed E-state index contributed by atoms with van der Waals surface area (Å²) in [7, 11) is 0. The van der Waals surface area contributed by atoms with E-state index in [1.807, 2.05) is 12.1 Å². The van der Waals surface area contributed by atoms with Gasteiger partial charge in [0.15, 0.2) is 5.82 Å². The fraction of sp³-hybridized carbons (Fsp3) is 0.611. The first-order valence-corrected chi connectivity index (χ1v) is 9.49. The third-order valence-electron chi connectivity index (χ3n) is 4.27. The standard InChI is InChI=1S/C18H27N5O4/c24-11-5-13-26-23(27-14-6-12-25)18-20-15-7-4-8-19-16(15)17(21-18)22-9-2-1-3-10-22/h4,7-8,24-25H,1-3,5-6,9-14H2. The second-order valence-corrected chi connectivity index (χ2v) is 6.34. The molecule has 0 atom stereocenters. The largest absolute Gasteiger partial charge is 0.396 e. The second-order valence-electron chi connectivity index (χ2n) is 6.34. The predicted molar refractivity (Wildman–Crippen MR) is 101 cm³/mol. The third-order valence-corrected chi connectivity index (χ3v) is 4.27. The van der Waals surface area contributed by atoms with Crippen LogP contribution in [-0.4, -0.2) is 64.7 Å². The zero-order valence-electron chi connectivity index (χ0n) is 15.5. The molecule has 9 heteroatoms. The van der Waals surface area contributed by atoms with E-state index in [0.29, 0.717) is 18.4 Å². The molecule has 0 saturated carbocycles. The van der Waals surface area contributed by atoms with Crippen molar-refractivity contribution in [3.8, 4) is 0 Å². The molecule has 3 heterocycles. The van der Waals surface area contributed by atoms with Gasteiger partial charge >= 0.3 is 0 Å². The Balaban J connectivity index is 1.91. The van der Waals surface area contributed by atoms with Crippen LogP contribution in [0.2, 0.25) is 0 Å². The molecule has 1 fully saturated rings. The van der Waals surface area contributed by atoms with Crippen molar-refractivity contribution in [2.45, 2.75) is 32.1 Å². The molecule has 2 aromatic heterocycles. The Morgan fingerprint density at radius 3 is 2.37 bits per heavy atom. The summed E-state index contributed by atoms with van der Waals surface area (Å²) >= 11 is 0. The number of hydrogen-bond acceptors (Lipinski definition) is 9. The Hall–Kier alpha value is -2.07. The van der Waals surface area contributed by atoms with Gasteiger partial charge in [-0.3, -0.25) is 4.98 Å². The smallest absolute Gasteiger partial charge is 0.280 e. The predicted octanol–water partition coefficient (Wildman–Crippen LogP) is 1.45. The van der Waals surface area contributed by atoms with Crippen molar-refractivity contribution in [3.05, 3.63) is 18.3 Å². The Kier molecular flexibility index (Phi) is 7.52. The van der Waals surface area contributed by atoms with Gasteiger partial charge < -0.3 is 15.1 Å². The highest BCUT2D eigenvalue weighted by molar-refractivity contribution is 5.86. The van der Waals surface area contributed by atoms with Gasteiger partial charge in [0, 0.05) is 32.5 Å². The van der Waals surface area contributed by atoms with Gasteiger partial charge in [-0.2, -0.15) is 4.98 Å². The number of nitrogens with zero attached hydrogens (tertiary/aromatic N) is 5. The highest BCUT2D eigenvalue weighted by Gasteiger charge is 2.21. The SMILES string of the molecule is OCCCON(OCCCO)c1nc(N2CCCCC2)c2ncccc2n1. The van der Waals surface area contributed by atoms with Crippen molar-refractivity contribution >= 4 is 22.8 Å². The average molecular weight is 377 g/mol. The van der Waals surface area contributed by atoms with Crippen LogP contribution in [0.3, 0.4) is 0 Å².